The molecule has 12 aromatic rings. The zero-order chi connectivity index (χ0) is 40.4. The summed E-state index contributed by atoms with van der Waals surface area (Å²) < 4.78 is 4.66. The number of hydrogen-bond donors (Lipinski definition) is 0. The molecule has 4 nitrogen and oxygen atoms in total. The smallest absolute Gasteiger partial charge is 0.235 e. The van der Waals surface area contributed by atoms with Crippen molar-refractivity contribution >= 4 is 65.2 Å². The van der Waals surface area contributed by atoms with Crippen LogP contribution in [-0.2, 0) is 5.41 Å². The molecule has 0 bridgehead atoms. The quantitative estimate of drug-likeness (QED) is 0.167. The van der Waals surface area contributed by atoms with Crippen LogP contribution in [0.3, 0.4) is 0 Å². The first-order valence-electron chi connectivity index (χ1n) is 21.1. The van der Waals surface area contributed by atoms with Gasteiger partial charge in [0.2, 0.25) is 5.95 Å². The fraction of sp³-hybridized carbons (Fsp3) is 0.0526. The van der Waals surface area contributed by atoms with Crippen LogP contribution in [0.2, 0.25) is 0 Å². The van der Waals surface area contributed by atoms with E-state index in [2.05, 4.69) is 217 Å². The van der Waals surface area contributed by atoms with Crippen molar-refractivity contribution in [2.45, 2.75) is 19.3 Å². The minimum Gasteiger partial charge on any atom is -0.309 e. The van der Waals surface area contributed by atoms with Crippen LogP contribution in [0, 0.1) is 0 Å². The van der Waals surface area contributed by atoms with E-state index in [1.165, 1.54) is 81.9 Å². The lowest BCUT2D eigenvalue weighted by atomic mass is 9.78. The van der Waals surface area contributed by atoms with Crippen molar-refractivity contribution in [1.82, 2.24) is 19.1 Å². The molecule has 286 valence electrons. The summed E-state index contributed by atoms with van der Waals surface area (Å²) in [5, 5.41) is 9.83. The lowest BCUT2D eigenvalue weighted by Gasteiger charge is -2.25. The van der Waals surface area contributed by atoms with Gasteiger partial charge < -0.3 is 4.57 Å². The summed E-state index contributed by atoms with van der Waals surface area (Å²) in [6.07, 6.45) is 0. The first-order chi connectivity index (χ1) is 30.0. The average molecular weight is 779 g/mol. The van der Waals surface area contributed by atoms with Crippen molar-refractivity contribution in [3.63, 3.8) is 0 Å². The van der Waals surface area contributed by atoms with Crippen molar-refractivity contribution in [3.8, 4) is 45.3 Å². The van der Waals surface area contributed by atoms with E-state index in [1.54, 1.807) is 0 Å². The normalized spacial score (nSPS) is 13.2. The molecular formula is C57H38N4. The SMILES string of the molecule is CC1(C)c2c(-c3ccccc3)nc(-n3c4ccccc4c4cc(-c5ccc6c(c5)c5ccccc5n6-c5ccccc5)ccc43)nc2-c2c1c1ccccc1c1ccccc21. The van der Waals surface area contributed by atoms with Crippen LogP contribution in [0.5, 0.6) is 0 Å². The molecule has 0 spiro atoms. The monoisotopic (exact) mass is 778 g/mol. The molecule has 0 saturated heterocycles. The fourth-order valence-corrected chi connectivity index (χ4v) is 10.7. The van der Waals surface area contributed by atoms with Crippen molar-refractivity contribution in [2.24, 2.45) is 0 Å². The molecule has 0 radical (unpaired) electrons. The summed E-state index contributed by atoms with van der Waals surface area (Å²) in [6.45, 7) is 4.71. The second kappa shape index (κ2) is 12.6. The van der Waals surface area contributed by atoms with E-state index >= 15 is 0 Å². The summed E-state index contributed by atoms with van der Waals surface area (Å²) in [5.74, 6) is 0.674. The number of para-hydroxylation sites is 3. The summed E-state index contributed by atoms with van der Waals surface area (Å²) >= 11 is 0. The van der Waals surface area contributed by atoms with Crippen molar-refractivity contribution in [3.05, 3.63) is 205 Å². The molecule has 1 aliphatic carbocycles. The summed E-state index contributed by atoms with van der Waals surface area (Å²) in [4.78, 5) is 11.3. The van der Waals surface area contributed by atoms with Gasteiger partial charge in [0.05, 0.1) is 33.5 Å². The molecule has 3 aromatic heterocycles. The third-order valence-corrected chi connectivity index (χ3v) is 13.3. The molecule has 61 heavy (non-hydrogen) atoms. The van der Waals surface area contributed by atoms with Crippen LogP contribution in [0.15, 0.2) is 194 Å². The zero-order valence-corrected chi connectivity index (χ0v) is 33.8. The number of benzene rings is 9. The maximum absolute atomic E-state index is 5.70. The molecule has 13 rings (SSSR count). The largest absolute Gasteiger partial charge is 0.309 e. The average Bonchev–Trinajstić information content (AvgIpc) is 3.92. The van der Waals surface area contributed by atoms with E-state index in [1.807, 2.05) is 0 Å². The Bertz CT molecular complexity index is 3780. The van der Waals surface area contributed by atoms with E-state index in [0.29, 0.717) is 5.95 Å². The second-order valence-electron chi connectivity index (χ2n) is 16.9. The predicted octanol–water partition coefficient (Wildman–Crippen LogP) is 14.6. The molecule has 3 heterocycles. The Hall–Kier alpha value is -7.82. The molecule has 0 amide bonds. The topological polar surface area (TPSA) is 35.6 Å². The van der Waals surface area contributed by atoms with Crippen LogP contribution < -0.4 is 0 Å². The highest BCUT2D eigenvalue weighted by Crippen LogP contribution is 2.56. The number of rotatable bonds is 4. The molecule has 0 atom stereocenters. The maximum atomic E-state index is 5.70. The zero-order valence-electron chi connectivity index (χ0n) is 33.8. The number of hydrogen-bond acceptors (Lipinski definition) is 2. The van der Waals surface area contributed by atoms with Crippen LogP contribution >= 0.6 is 0 Å². The van der Waals surface area contributed by atoms with E-state index < -0.39 is 0 Å². The first kappa shape index (κ1) is 34.1. The van der Waals surface area contributed by atoms with Gasteiger partial charge in [-0.15, -0.1) is 0 Å². The molecule has 0 saturated carbocycles. The molecule has 4 heteroatoms. The minimum absolute atomic E-state index is 0.359. The predicted molar refractivity (Wildman–Crippen MR) is 254 cm³/mol. The highest BCUT2D eigenvalue weighted by atomic mass is 15.2. The van der Waals surface area contributed by atoms with Gasteiger partial charge >= 0.3 is 0 Å². The highest BCUT2D eigenvalue weighted by Gasteiger charge is 2.43. The van der Waals surface area contributed by atoms with E-state index in [0.717, 1.165) is 33.7 Å². The van der Waals surface area contributed by atoms with Gasteiger partial charge in [-0.25, -0.2) is 9.97 Å². The molecular weight excluding hydrogens is 741 g/mol. The number of aromatic nitrogens is 4. The van der Waals surface area contributed by atoms with Crippen LogP contribution in [0.1, 0.15) is 25.0 Å². The van der Waals surface area contributed by atoms with E-state index in [9.17, 15) is 0 Å². The summed E-state index contributed by atoms with van der Waals surface area (Å²) in [5.41, 5.74) is 14.5. The first-order valence-corrected chi connectivity index (χ1v) is 21.1. The van der Waals surface area contributed by atoms with Gasteiger partial charge in [-0.3, -0.25) is 4.57 Å². The van der Waals surface area contributed by atoms with Crippen LogP contribution in [0.4, 0.5) is 0 Å². The Morgan fingerprint density at radius 2 is 0.803 bits per heavy atom. The standard InChI is InChI=1S/C57H38N4/c1-57(2)52-44-26-12-10-22-40(44)39-21-9-11-25-43(39)51(52)55-53(57)54(35-17-5-3-6-18-35)58-56(59-55)61-48-28-16-14-24-42(48)46-34-37(30-32-50(46)61)36-29-31-49-45(33-36)41-23-13-15-27-47(41)60(49)38-19-7-4-8-20-38/h3-34H,1-2H3. The van der Waals surface area contributed by atoms with Crippen molar-refractivity contribution < 1.29 is 0 Å². The lowest BCUT2D eigenvalue weighted by Crippen LogP contribution is -2.18. The highest BCUT2D eigenvalue weighted by molar-refractivity contribution is 6.18. The lowest BCUT2D eigenvalue weighted by molar-refractivity contribution is 0.662. The van der Waals surface area contributed by atoms with Crippen LogP contribution in [-0.4, -0.2) is 19.1 Å². The van der Waals surface area contributed by atoms with Gasteiger partial charge in [0.25, 0.3) is 0 Å². The van der Waals surface area contributed by atoms with Crippen molar-refractivity contribution in [1.29, 1.82) is 0 Å². The van der Waals surface area contributed by atoms with E-state index in [4.69, 9.17) is 9.97 Å². The van der Waals surface area contributed by atoms with Crippen molar-refractivity contribution in [2.75, 3.05) is 0 Å². The van der Waals surface area contributed by atoms with Crippen LogP contribution in [0.25, 0.3) is 110 Å². The third-order valence-electron chi connectivity index (χ3n) is 13.3. The molecule has 1 aliphatic rings. The molecule has 0 unspecified atom stereocenters. The van der Waals surface area contributed by atoms with Gasteiger partial charge in [-0.1, -0.05) is 159 Å². The Balaban J connectivity index is 1.06. The molecule has 0 N–H and O–H groups in total. The van der Waals surface area contributed by atoms with Gasteiger partial charge in [-0.2, -0.15) is 0 Å². The molecule has 0 aliphatic heterocycles. The van der Waals surface area contributed by atoms with Gasteiger partial charge in [-0.05, 0) is 86.8 Å². The van der Waals surface area contributed by atoms with E-state index in [-0.39, 0.29) is 5.41 Å². The Labute approximate surface area is 352 Å². The maximum Gasteiger partial charge on any atom is 0.235 e. The second-order valence-corrected chi connectivity index (χ2v) is 16.9. The Morgan fingerprint density at radius 1 is 0.344 bits per heavy atom. The van der Waals surface area contributed by atoms with Gasteiger partial charge in [0.15, 0.2) is 0 Å². The van der Waals surface area contributed by atoms with Gasteiger partial charge in [0.1, 0.15) is 0 Å². The summed E-state index contributed by atoms with van der Waals surface area (Å²) in [7, 11) is 0. The Morgan fingerprint density at radius 3 is 1.44 bits per heavy atom. The number of nitrogens with zero attached hydrogens (tertiary/aromatic N) is 4. The Kier molecular flexibility index (Phi) is 7.04. The molecule has 0 fully saturated rings. The molecule has 9 aromatic carbocycles. The van der Waals surface area contributed by atoms with Gasteiger partial charge in [0, 0.05) is 49.3 Å². The number of fused-ring (bicyclic) bond motifs is 14. The summed E-state index contributed by atoms with van der Waals surface area (Å²) in [6, 6.07) is 70.3. The fourth-order valence-electron chi connectivity index (χ4n) is 10.7. The minimum atomic E-state index is -0.359. The third kappa shape index (κ3) is 4.76.